The van der Waals surface area contributed by atoms with Gasteiger partial charge in [-0.1, -0.05) is 31.8 Å². The summed E-state index contributed by atoms with van der Waals surface area (Å²) in [6.07, 6.45) is 5.80. The molecule has 0 spiro atoms. The second kappa shape index (κ2) is 4.95. The Morgan fingerprint density at radius 2 is 2.31 bits per heavy atom. The first-order valence-electron chi connectivity index (χ1n) is 6.29. The SMILES string of the molecule is CCC(N)c1nc(C2CCCC(C)C2)no1. The van der Waals surface area contributed by atoms with Crippen molar-refractivity contribution in [2.75, 3.05) is 0 Å². The van der Waals surface area contributed by atoms with Gasteiger partial charge in [0.15, 0.2) is 5.82 Å². The molecular formula is C12H21N3O. The minimum Gasteiger partial charge on any atom is -0.338 e. The van der Waals surface area contributed by atoms with Crippen LogP contribution in [0.3, 0.4) is 0 Å². The average Bonchev–Trinajstić information content (AvgIpc) is 2.77. The molecule has 0 amide bonds. The zero-order valence-corrected chi connectivity index (χ0v) is 10.1. The van der Waals surface area contributed by atoms with Crippen LogP contribution in [0.4, 0.5) is 0 Å². The summed E-state index contributed by atoms with van der Waals surface area (Å²) in [5.41, 5.74) is 5.87. The molecule has 1 fully saturated rings. The van der Waals surface area contributed by atoms with Crippen molar-refractivity contribution < 1.29 is 4.52 Å². The van der Waals surface area contributed by atoms with Crippen LogP contribution >= 0.6 is 0 Å². The van der Waals surface area contributed by atoms with Crippen molar-refractivity contribution in [2.24, 2.45) is 11.7 Å². The van der Waals surface area contributed by atoms with Crippen LogP contribution in [-0.2, 0) is 0 Å². The summed E-state index contributed by atoms with van der Waals surface area (Å²) in [5.74, 6) is 2.71. The van der Waals surface area contributed by atoms with E-state index in [2.05, 4.69) is 17.1 Å². The molecule has 16 heavy (non-hydrogen) atoms. The fourth-order valence-electron chi connectivity index (χ4n) is 2.41. The monoisotopic (exact) mass is 223 g/mol. The van der Waals surface area contributed by atoms with Gasteiger partial charge in [0.2, 0.25) is 5.89 Å². The van der Waals surface area contributed by atoms with Crippen LogP contribution in [0.15, 0.2) is 4.52 Å². The van der Waals surface area contributed by atoms with Gasteiger partial charge < -0.3 is 10.3 Å². The number of hydrogen-bond acceptors (Lipinski definition) is 4. The predicted octanol–water partition coefficient (Wildman–Crippen LogP) is 2.77. The molecule has 1 aromatic heterocycles. The largest absolute Gasteiger partial charge is 0.338 e. The van der Waals surface area contributed by atoms with Gasteiger partial charge in [-0.25, -0.2) is 0 Å². The lowest BCUT2D eigenvalue weighted by Crippen LogP contribution is -2.13. The second-order valence-electron chi connectivity index (χ2n) is 4.97. The Morgan fingerprint density at radius 1 is 1.50 bits per heavy atom. The second-order valence-corrected chi connectivity index (χ2v) is 4.97. The Bertz CT molecular complexity index is 337. The molecule has 3 atom stereocenters. The van der Waals surface area contributed by atoms with Gasteiger partial charge in [-0.3, -0.25) is 0 Å². The highest BCUT2D eigenvalue weighted by molar-refractivity contribution is 4.99. The molecule has 4 nitrogen and oxygen atoms in total. The molecule has 90 valence electrons. The van der Waals surface area contributed by atoms with Gasteiger partial charge in [-0.15, -0.1) is 0 Å². The van der Waals surface area contributed by atoms with Crippen LogP contribution in [-0.4, -0.2) is 10.1 Å². The van der Waals surface area contributed by atoms with Crippen molar-refractivity contribution in [1.29, 1.82) is 0 Å². The van der Waals surface area contributed by atoms with E-state index in [0.717, 1.165) is 18.2 Å². The third-order valence-electron chi connectivity index (χ3n) is 3.52. The van der Waals surface area contributed by atoms with E-state index in [1.54, 1.807) is 0 Å². The van der Waals surface area contributed by atoms with Crippen LogP contribution in [0.5, 0.6) is 0 Å². The van der Waals surface area contributed by atoms with E-state index in [-0.39, 0.29) is 6.04 Å². The molecule has 0 aliphatic heterocycles. The van der Waals surface area contributed by atoms with Crippen molar-refractivity contribution in [3.05, 3.63) is 11.7 Å². The molecule has 3 unspecified atom stereocenters. The van der Waals surface area contributed by atoms with Crippen LogP contribution in [0.1, 0.15) is 69.6 Å². The predicted molar refractivity (Wildman–Crippen MR) is 61.9 cm³/mol. The Kier molecular flexibility index (Phi) is 3.59. The maximum atomic E-state index is 5.87. The normalized spacial score (nSPS) is 27.9. The minimum absolute atomic E-state index is 0.109. The Balaban J connectivity index is 2.06. The van der Waals surface area contributed by atoms with E-state index in [1.165, 1.54) is 25.7 Å². The zero-order chi connectivity index (χ0) is 11.5. The van der Waals surface area contributed by atoms with Crippen molar-refractivity contribution >= 4 is 0 Å². The lowest BCUT2D eigenvalue weighted by Gasteiger charge is -2.23. The first kappa shape index (κ1) is 11.6. The van der Waals surface area contributed by atoms with E-state index < -0.39 is 0 Å². The third kappa shape index (κ3) is 2.43. The molecule has 0 saturated heterocycles. The highest BCUT2D eigenvalue weighted by Gasteiger charge is 2.25. The molecule has 0 radical (unpaired) electrons. The number of nitrogens with two attached hydrogens (primary N) is 1. The molecule has 4 heteroatoms. The van der Waals surface area contributed by atoms with Gasteiger partial charge in [0, 0.05) is 5.92 Å². The number of rotatable bonds is 3. The number of aromatic nitrogens is 2. The Labute approximate surface area is 96.6 Å². The van der Waals surface area contributed by atoms with E-state index in [1.807, 2.05) is 6.92 Å². The van der Waals surface area contributed by atoms with Gasteiger partial charge in [0.25, 0.3) is 0 Å². The van der Waals surface area contributed by atoms with Crippen LogP contribution in [0.2, 0.25) is 0 Å². The molecule has 1 aliphatic rings. The van der Waals surface area contributed by atoms with Gasteiger partial charge in [0.1, 0.15) is 0 Å². The van der Waals surface area contributed by atoms with Crippen molar-refractivity contribution in [2.45, 2.75) is 57.9 Å². The van der Waals surface area contributed by atoms with E-state index in [4.69, 9.17) is 10.3 Å². The highest BCUT2D eigenvalue weighted by Crippen LogP contribution is 2.34. The lowest BCUT2D eigenvalue weighted by atomic mass is 9.82. The van der Waals surface area contributed by atoms with Crippen molar-refractivity contribution in [1.82, 2.24) is 10.1 Å². The third-order valence-corrected chi connectivity index (χ3v) is 3.52. The average molecular weight is 223 g/mol. The summed E-state index contributed by atoms with van der Waals surface area (Å²) in [5, 5.41) is 4.08. The van der Waals surface area contributed by atoms with Gasteiger partial charge in [-0.2, -0.15) is 4.98 Å². The first-order chi connectivity index (χ1) is 7.70. The summed E-state index contributed by atoms with van der Waals surface area (Å²) in [7, 11) is 0. The molecule has 2 rings (SSSR count). The van der Waals surface area contributed by atoms with Crippen LogP contribution in [0.25, 0.3) is 0 Å². The molecule has 2 N–H and O–H groups in total. The standard InChI is InChI=1S/C12H21N3O/c1-3-10(13)12-14-11(15-16-12)9-6-4-5-8(2)7-9/h8-10H,3-7,13H2,1-2H3. The van der Waals surface area contributed by atoms with E-state index in [0.29, 0.717) is 11.8 Å². The van der Waals surface area contributed by atoms with Crippen LogP contribution in [0, 0.1) is 5.92 Å². The van der Waals surface area contributed by atoms with E-state index in [9.17, 15) is 0 Å². The summed E-state index contributed by atoms with van der Waals surface area (Å²) >= 11 is 0. The zero-order valence-electron chi connectivity index (χ0n) is 10.1. The topological polar surface area (TPSA) is 64.9 Å². The fraction of sp³-hybridized carbons (Fsp3) is 0.833. The van der Waals surface area contributed by atoms with Gasteiger partial charge in [-0.05, 0) is 25.2 Å². The summed E-state index contributed by atoms with van der Waals surface area (Å²) in [6, 6.07) is -0.109. The smallest absolute Gasteiger partial charge is 0.243 e. The minimum atomic E-state index is -0.109. The molecular weight excluding hydrogens is 202 g/mol. The Morgan fingerprint density at radius 3 is 3.00 bits per heavy atom. The summed E-state index contributed by atoms with van der Waals surface area (Å²) in [6.45, 7) is 4.32. The lowest BCUT2D eigenvalue weighted by molar-refractivity contribution is 0.315. The molecule has 0 bridgehead atoms. The Hall–Kier alpha value is -0.900. The van der Waals surface area contributed by atoms with Crippen molar-refractivity contribution in [3.8, 4) is 0 Å². The highest BCUT2D eigenvalue weighted by atomic mass is 16.5. The molecule has 1 aliphatic carbocycles. The molecule has 1 heterocycles. The van der Waals surface area contributed by atoms with Crippen molar-refractivity contribution in [3.63, 3.8) is 0 Å². The molecule has 1 aromatic rings. The maximum absolute atomic E-state index is 5.87. The fourth-order valence-corrected chi connectivity index (χ4v) is 2.41. The van der Waals surface area contributed by atoms with Gasteiger partial charge in [0.05, 0.1) is 6.04 Å². The quantitative estimate of drug-likeness (QED) is 0.855. The van der Waals surface area contributed by atoms with Crippen LogP contribution < -0.4 is 5.73 Å². The number of hydrogen-bond donors (Lipinski definition) is 1. The summed E-state index contributed by atoms with van der Waals surface area (Å²) < 4.78 is 5.22. The molecule has 0 aromatic carbocycles. The number of nitrogens with zero attached hydrogens (tertiary/aromatic N) is 2. The maximum Gasteiger partial charge on any atom is 0.243 e. The molecule has 1 saturated carbocycles. The summed E-state index contributed by atoms with van der Waals surface area (Å²) in [4.78, 5) is 4.44. The first-order valence-corrected chi connectivity index (χ1v) is 6.29. The van der Waals surface area contributed by atoms with Gasteiger partial charge >= 0.3 is 0 Å². The van der Waals surface area contributed by atoms with E-state index >= 15 is 0 Å².